The highest BCUT2D eigenvalue weighted by molar-refractivity contribution is 6.13. The minimum atomic E-state index is -0.969. The molecule has 2 aliphatic carbocycles. The molecule has 0 radical (unpaired) electrons. The van der Waals surface area contributed by atoms with Gasteiger partial charge in [0, 0.05) is 6.54 Å². The molecule has 25 heavy (non-hydrogen) atoms. The number of allylic oxidation sites excluding steroid dienone is 1. The van der Waals surface area contributed by atoms with Crippen molar-refractivity contribution in [2.24, 2.45) is 5.41 Å². The quantitative estimate of drug-likeness (QED) is 0.617. The summed E-state index contributed by atoms with van der Waals surface area (Å²) in [6.07, 6.45) is 8.98. The Morgan fingerprint density at radius 2 is 1.96 bits per heavy atom. The Labute approximate surface area is 148 Å². The summed E-state index contributed by atoms with van der Waals surface area (Å²) < 4.78 is 0. The van der Waals surface area contributed by atoms with Gasteiger partial charge in [0.05, 0.1) is 11.3 Å². The van der Waals surface area contributed by atoms with E-state index in [2.05, 4.69) is 22.8 Å². The number of rotatable bonds is 6. The number of anilines is 1. The molecule has 1 fully saturated rings. The van der Waals surface area contributed by atoms with Crippen molar-refractivity contribution in [2.75, 3.05) is 11.9 Å². The molecule has 2 amide bonds. The molecule has 0 heterocycles. The van der Waals surface area contributed by atoms with Crippen LogP contribution in [0, 0.1) is 16.7 Å². The summed E-state index contributed by atoms with van der Waals surface area (Å²) in [7, 11) is 0. The van der Waals surface area contributed by atoms with E-state index >= 15 is 0 Å². The number of nitriles is 1. The Balaban J connectivity index is 1.55. The molecule has 2 N–H and O–H groups in total. The Morgan fingerprint density at radius 1 is 1.16 bits per heavy atom. The van der Waals surface area contributed by atoms with Crippen LogP contribution in [0.5, 0.6) is 0 Å². The summed E-state index contributed by atoms with van der Waals surface area (Å²) in [4.78, 5) is 25.1. The molecule has 0 aliphatic heterocycles. The fourth-order valence-electron chi connectivity index (χ4n) is 3.25. The molecule has 1 saturated carbocycles. The maximum atomic E-state index is 12.6. The smallest absolute Gasteiger partial charge is 0.240 e. The molecule has 0 aromatic heterocycles. The summed E-state index contributed by atoms with van der Waals surface area (Å²) >= 11 is 0. The molecule has 1 aromatic rings. The van der Waals surface area contributed by atoms with Crippen LogP contribution in [0.3, 0.4) is 0 Å². The van der Waals surface area contributed by atoms with Crippen LogP contribution in [-0.4, -0.2) is 18.4 Å². The second-order valence-corrected chi connectivity index (χ2v) is 6.81. The van der Waals surface area contributed by atoms with Crippen LogP contribution in [-0.2, 0) is 9.59 Å². The Kier molecular flexibility index (Phi) is 5.18. The monoisotopic (exact) mass is 337 g/mol. The molecule has 0 spiro atoms. The minimum absolute atomic E-state index is 0.198. The first-order chi connectivity index (χ1) is 12.2. The van der Waals surface area contributed by atoms with Gasteiger partial charge >= 0.3 is 0 Å². The molecule has 0 bridgehead atoms. The number of carbonyl (C=O) groups is 2. The zero-order chi connectivity index (χ0) is 17.7. The first-order valence-corrected chi connectivity index (χ1v) is 8.92. The average Bonchev–Trinajstić information content (AvgIpc) is 3.45. The van der Waals surface area contributed by atoms with Gasteiger partial charge < -0.3 is 10.6 Å². The van der Waals surface area contributed by atoms with Crippen molar-refractivity contribution in [3.63, 3.8) is 0 Å². The lowest BCUT2D eigenvalue weighted by molar-refractivity contribution is -0.134. The minimum Gasteiger partial charge on any atom is -0.355 e. The van der Waals surface area contributed by atoms with E-state index in [9.17, 15) is 9.59 Å². The SMILES string of the molecule is N#Cc1ccccc1NC(=O)C1(C(=O)NCCC2=CCCCC2)CC1. The number of hydrogen-bond donors (Lipinski definition) is 2. The molecule has 5 nitrogen and oxygen atoms in total. The fourth-order valence-corrected chi connectivity index (χ4v) is 3.25. The Hall–Kier alpha value is -2.61. The maximum absolute atomic E-state index is 12.6. The lowest BCUT2D eigenvalue weighted by atomic mass is 9.97. The number of benzene rings is 1. The largest absolute Gasteiger partial charge is 0.355 e. The molecule has 3 rings (SSSR count). The average molecular weight is 337 g/mol. The van der Waals surface area contributed by atoms with Gasteiger partial charge in [0.2, 0.25) is 11.8 Å². The van der Waals surface area contributed by atoms with Crippen LogP contribution in [0.2, 0.25) is 0 Å². The molecule has 0 saturated heterocycles. The molecular formula is C20H23N3O2. The maximum Gasteiger partial charge on any atom is 0.240 e. The van der Waals surface area contributed by atoms with E-state index in [4.69, 9.17) is 5.26 Å². The van der Waals surface area contributed by atoms with Gasteiger partial charge in [0.25, 0.3) is 0 Å². The number of amides is 2. The van der Waals surface area contributed by atoms with E-state index in [0.717, 1.165) is 19.3 Å². The third-order valence-electron chi connectivity index (χ3n) is 5.03. The van der Waals surface area contributed by atoms with Crippen molar-refractivity contribution in [1.29, 1.82) is 5.26 Å². The number of nitrogens with one attached hydrogen (secondary N) is 2. The van der Waals surface area contributed by atoms with Crippen molar-refractivity contribution in [3.8, 4) is 6.07 Å². The van der Waals surface area contributed by atoms with Gasteiger partial charge in [-0.05, 0) is 57.1 Å². The second kappa shape index (κ2) is 7.52. The topological polar surface area (TPSA) is 82.0 Å². The van der Waals surface area contributed by atoms with Crippen molar-refractivity contribution in [2.45, 2.75) is 44.9 Å². The van der Waals surface area contributed by atoms with Gasteiger partial charge in [-0.25, -0.2) is 0 Å². The summed E-state index contributed by atoms with van der Waals surface area (Å²) in [5.41, 5.74) is 1.30. The zero-order valence-corrected chi connectivity index (χ0v) is 14.3. The Bertz CT molecular complexity index is 742. The van der Waals surface area contributed by atoms with Crippen LogP contribution < -0.4 is 10.6 Å². The highest BCUT2D eigenvalue weighted by atomic mass is 16.2. The van der Waals surface area contributed by atoms with Gasteiger partial charge in [-0.2, -0.15) is 5.26 Å². The zero-order valence-electron chi connectivity index (χ0n) is 14.3. The lowest BCUT2D eigenvalue weighted by Crippen LogP contribution is -2.40. The molecule has 0 unspecified atom stereocenters. The Morgan fingerprint density at radius 3 is 2.64 bits per heavy atom. The highest BCUT2D eigenvalue weighted by Gasteiger charge is 2.56. The number of hydrogen-bond acceptors (Lipinski definition) is 3. The van der Waals surface area contributed by atoms with E-state index in [1.807, 2.05) is 0 Å². The van der Waals surface area contributed by atoms with Crippen molar-refractivity contribution in [1.82, 2.24) is 5.32 Å². The van der Waals surface area contributed by atoms with Crippen molar-refractivity contribution < 1.29 is 9.59 Å². The van der Waals surface area contributed by atoms with Crippen LogP contribution in [0.25, 0.3) is 0 Å². The molecule has 1 aromatic carbocycles. The molecule has 2 aliphatic rings. The van der Waals surface area contributed by atoms with Gasteiger partial charge in [0.15, 0.2) is 0 Å². The first-order valence-electron chi connectivity index (χ1n) is 8.92. The normalized spacial score (nSPS) is 17.8. The molecule has 5 heteroatoms. The fraction of sp³-hybridized carbons (Fsp3) is 0.450. The predicted molar refractivity (Wildman–Crippen MR) is 95.6 cm³/mol. The van der Waals surface area contributed by atoms with Crippen LogP contribution >= 0.6 is 0 Å². The third kappa shape index (κ3) is 3.90. The third-order valence-corrected chi connectivity index (χ3v) is 5.03. The van der Waals surface area contributed by atoms with E-state index < -0.39 is 5.41 Å². The standard InChI is InChI=1S/C20H23N3O2/c21-14-16-8-4-5-9-17(16)23-19(25)20(11-12-20)18(24)22-13-10-15-6-2-1-3-7-15/h4-6,8-9H,1-3,7,10-13H2,(H,22,24)(H,23,25). The predicted octanol–water partition coefficient (Wildman–Crippen LogP) is 3.28. The molecule has 0 atom stereocenters. The summed E-state index contributed by atoms with van der Waals surface area (Å²) in [5.74, 6) is -0.513. The van der Waals surface area contributed by atoms with E-state index in [1.54, 1.807) is 24.3 Å². The number of nitrogens with zero attached hydrogens (tertiary/aromatic N) is 1. The van der Waals surface area contributed by atoms with Crippen molar-refractivity contribution >= 4 is 17.5 Å². The van der Waals surface area contributed by atoms with E-state index in [0.29, 0.717) is 30.6 Å². The summed E-state index contributed by atoms with van der Waals surface area (Å²) in [6.45, 7) is 0.578. The highest BCUT2D eigenvalue weighted by Crippen LogP contribution is 2.47. The first kappa shape index (κ1) is 17.2. The van der Waals surface area contributed by atoms with Crippen LogP contribution in [0.4, 0.5) is 5.69 Å². The van der Waals surface area contributed by atoms with Crippen LogP contribution in [0.15, 0.2) is 35.9 Å². The lowest BCUT2D eigenvalue weighted by Gasteiger charge is -2.17. The van der Waals surface area contributed by atoms with E-state index in [-0.39, 0.29) is 11.8 Å². The molecular weight excluding hydrogens is 314 g/mol. The summed E-state index contributed by atoms with van der Waals surface area (Å²) in [5, 5.41) is 14.8. The van der Waals surface area contributed by atoms with Gasteiger partial charge in [0.1, 0.15) is 11.5 Å². The molecule has 130 valence electrons. The summed E-state index contributed by atoms with van der Waals surface area (Å²) in [6, 6.07) is 8.88. The van der Waals surface area contributed by atoms with E-state index in [1.165, 1.54) is 18.4 Å². The second-order valence-electron chi connectivity index (χ2n) is 6.81. The van der Waals surface area contributed by atoms with Gasteiger partial charge in [-0.1, -0.05) is 23.8 Å². The van der Waals surface area contributed by atoms with Crippen LogP contribution in [0.1, 0.15) is 50.5 Å². The van der Waals surface area contributed by atoms with Crippen molar-refractivity contribution in [3.05, 3.63) is 41.5 Å². The van der Waals surface area contributed by atoms with Gasteiger partial charge in [-0.15, -0.1) is 0 Å². The number of para-hydroxylation sites is 1. The van der Waals surface area contributed by atoms with Gasteiger partial charge in [-0.3, -0.25) is 9.59 Å². The number of carbonyl (C=O) groups excluding carboxylic acids is 2.